The predicted octanol–water partition coefficient (Wildman–Crippen LogP) is 2.14. The van der Waals surface area contributed by atoms with Crippen LogP contribution in [0.4, 0.5) is 5.69 Å². The highest BCUT2D eigenvalue weighted by Crippen LogP contribution is 2.32. The average Bonchev–Trinajstić information content (AvgIpc) is 2.34. The highest BCUT2D eigenvalue weighted by molar-refractivity contribution is 7.89. The van der Waals surface area contributed by atoms with Crippen LogP contribution in [0.2, 0.25) is 10.0 Å². The molecule has 0 aromatic heterocycles. The molecule has 1 unspecified atom stereocenters. The fourth-order valence-electron chi connectivity index (χ4n) is 1.43. The van der Waals surface area contributed by atoms with Crippen molar-refractivity contribution in [2.24, 2.45) is 5.92 Å². The van der Waals surface area contributed by atoms with Gasteiger partial charge in [0.25, 0.3) is 0 Å². The van der Waals surface area contributed by atoms with Crippen molar-refractivity contribution in [2.75, 3.05) is 26.0 Å². The minimum absolute atomic E-state index is 0.0446. The van der Waals surface area contributed by atoms with Crippen molar-refractivity contribution in [2.45, 2.75) is 11.8 Å². The quantitative estimate of drug-likeness (QED) is 0.784. The highest BCUT2D eigenvalue weighted by Gasteiger charge is 2.21. The van der Waals surface area contributed by atoms with Gasteiger partial charge in [-0.2, -0.15) is 0 Å². The van der Waals surface area contributed by atoms with Gasteiger partial charge in [0.15, 0.2) is 0 Å². The van der Waals surface area contributed by atoms with E-state index in [0.717, 1.165) is 0 Å². The number of nitrogens with one attached hydrogen (secondary N) is 1. The number of rotatable bonds is 6. The van der Waals surface area contributed by atoms with E-state index in [-0.39, 0.29) is 33.1 Å². The summed E-state index contributed by atoms with van der Waals surface area (Å²) in [6, 6.07) is 2.72. The number of sulfonamides is 1. The summed E-state index contributed by atoms with van der Waals surface area (Å²) >= 11 is 11.7. The molecule has 1 aromatic rings. The van der Waals surface area contributed by atoms with Gasteiger partial charge in [-0.15, -0.1) is 0 Å². The van der Waals surface area contributed by atoms with Crippen molar-refractivity contribution in [3.05, 3.63) is 22.2 Å². The molecular weight excluding hydrogens is 311 g/mol. The Morgan fingerprint density at radius 3 is 2.63 bits per heavy atom. The lowest BCUT2D eigenvalue weighted by Crippen LogP contribution is -2.30. The molecule has 1 rings (SSSR count). The third-order valence-electron chi connectivity index (χ3n) is 2.45. The van der Waals surface area contributed by atoms with E-state index in [2.05, 4.69) is 4.72 Å². The van der Waals surface area contributed by atoms with Gasteiger partial charge in [0.2, 0.25) is 10.0 Å². The summed E-state index contributed by atoms with van der Waals surface area (Å²) in [5.74, 6) is 0.0446. The van der Waals surface area contributed by atoms with E-state index in [1.807, 2.05) is 6.92 Å². The number of halogens is 2. The third kappa shape index (κ3) is 4.22. The number of methoxy groups -OCH3 is 1. The zero-order valence-electron chi connectivity index (χ0n) is 10.6. The first-order chi connectivity index (χ1) is 8.79. The molecule has 108 valence electrons. The Hall–Kier alpha value is -0.530. The first-order valence-electron chi connectivity index (χ1n) is 5.51. The van der Waals surface area contributed by atoms with Crippen LogP contribution in [-0.4, -0.2) is 28.7 Å². The third-order valence-corrected chi connectivity index (χ3v) is 4.77. The summed E-state index contributed by atoms with van der Waals surface area (Å²) in [5, 5.41) is 0.149. The van der Waals surface area contributed by atoms with Crippen LogP contribution in [0.1, 0.15) is 6.92 Å². The Kier molecular flexibility index (Phi) is 5.88. The molecule has 19 heavy (non-hydrogen) atoms. The molecule has 0 aliphatic heterocycles. The van der Waals surface area contributed by atoms with Crippen molar-refractivity contribution >= 4 is 38.9 Å². The van der Waals surface area contributed by atoms with Gasteiger partial charge in [0.1, 0.15) is 4.90 Å². The maximum atomic E-state index is 12.1. The number of hydrogen-bond donors (Lipinski definition) is 2. The van der Waals surface area contributed by atoms with Gasteiger partial charge in [0.05, 0.1) is 15.7 Å². The van der Waals surface area contributed by atoms with Gasteiger partial charge in [-0.3, -0.25) is 0 Å². The van der Waals surface area contributed by atoms with E-state index in [1.54, 1.807) is 7.11 Å². The number of benzene rings is 1. The number of ether oxygens (including phenoxy) is 1. The monoisotopic (exact) mass is 326 g/mol. The van der Waals surface area contributed by atoms with Crippen molar-refractivity contribution < 1.29 is 13.2 Å². The summed E-state index contributed by atoms with van der Waals surface area (Å²) in [5.41, 5.74) is 5.66. The van der Waals surface area contributed by atoms with Gasteiger partial charge in [0, 0.05) is 20.3 Å². The van der Waals surface area contributed by atoms with E-state index in [9.17, 15) is 8.42 Å². The average molecular weight is 327 g/mol. The molecule has 0 bridgehead atoms. The lowest BCUT2D eigenvalue weighted by Gasteiger charge is -2.13. The van der Waals surface area contributed by atoms with Crippen molar-refractivity contribution in [3.63, 3.8) is 0 Å². The van der Waals surface area contributed by atoms with Crippen LogP contribution < -0.4 is 10.5 Å². The predicted molar refractivity (Wildman–Crippen MR) is 77.1 cm³/mol. The summed E-state index contributed by atoms with van der Waals surface area (Å²) < 4.78 is 31.6. The molecule has 0 aliphatic carbocycles. The maximum absolute atomic E-state index is 12.1. The molecule has 1 aromatic carbocycles. The van der Waals surface area contributed by atoms with E-state index >= 15 is 0 Å². The topological polar surface area (TPSA) is 81.4 Å². The molecular formula is C11H16Cl2N2O3S. The minimum atomic E-state index is -3.72. The highest BCUT2D eigenvalue weighted by atomic mass is 35.5. The lowest BCUT2D eigenvalue weighted by molar-refractivity contribution is 0.161. The molecule has 0 heterocycles. The fraction of sp³-hybridized carbons (Fsp3) is 0.455. The zero-order chi connectivity index (χ0) is 14.6. The summed E-state index contributed by atoms with van der Waals surface area (Å²) in [6.07, 6.45) is 0. The van der Waals surface area contributed by atoms with Crippen molar-refractivity contribution in [1.29, 1.82) is 0 Å². The first-order valence-corrected chi connectivity index (χ1v) is 7.75. The van der Waals surface area contributed by atoms with Crippen molar-refractivity contribution in [3.8, 4) is 0 Å². The molecule has 3 N–H and O–H groups in total. The maximum Gasteiger partial charge on any atom is 0.242 e. The standard InChI is InChI=1S/C11H16Cl2N2O3S/c1-7(6-18-2)5-15-19(16,17)9-4-3-8(12)11(14)10(9)13/h3-4,7,15H,5-6,14H2,1-2H3. The number of anilines is 1. The summed E-state index contributed by atoms with van der Waals surface area (Å²) in [6.45, 7) is 2.57. The SMILES string of the molecule is COCC(C)CNS(=O)(=O)c1ccc(Cl)c(N)c1Cl. The molecule has 8 heteroatoms. The zero-order valence-corrected chi connectivity index (χ0v) is 12.9. The molecule has 0 aliphatic rings. The second-order valence-corrected chi connectivity index (χ2v) is 6.71. The Balaban J connectivity index is 2.92. The normalized spacial score (nSPS) is 13.5. The number of nitrogens with two attached hydrogens (primary N) is 1. The molecule has 0 radical (unpaired) electrons. The molecule has 0 saturated carbocycles. The first kappa shape index (κ1) is 16.5. The second-order valence-electron chi connectivity index (χ2n) is 4.19. The molecule has 0 amide bonds. The van der Waals surface area contributed by atoms with E-state index in [0.29, 0.717) is 6.61 Å². The van der Waals surface area contributed by atoms with Crippen LogP contribution >= 0.6 is 23.2 Å². The Labute approximate surface area is 123 Å². The molecule has 1 atom stereocenters. The fourth-order valence-corrected chi connectivity index (χ4v) is 3.36. The Morgan fingerprint density at radius 2 is 2.05 bits per heavy atom. The molecule has 0 fully saturated rings. The van der Waals surface area contributed by atoms with Crippen molar-refractivity contribution in [1.82, 2.24) is 4.72 Å². The molecule has 0 saturated heterocycles. The van der Waals surface area contributed by atoms with Gasteiger partial charge >= 0.3 is 0 Å². The smallest absolute Gasteiger partial charge is 0.242 e. The lowest BCUT2D eigenvalue weighted by atomic mass is 10.2. The van der Waals surface area contributed by atoms with Crippen LogP contribution in [-0.2, 0) is 14.8 Å². The summed E-state index contributed by atoms with van der Waals surface area (Å²) in [7, 11) is -2.16. The van der Waals surface area contributed by atoms with Crippen LogP contribution in [0.25, 0.3) is 0 Å². The van der Waals surface area contributed by atoms with E-state index in [1.165, 1.54) is 12.1 Å². The number of nitrogen functional groups attached to an aromatic ring is 1. The minimum Gasteiger partial charge on any atom is -0.396 e. The van der Waals surface area contributed by atoms with E-state index in [4.69, 9.17) is 33.7 Å². The number of hydrogen-bond acceptors (Lipinski definition) is 4. The second kappa shape index (κ2) is 6.76. The van der Waals surface area contributed by atoms with E-state index < -0.39 is 10.0 Å². The largest absolute Gasteiger partial charge is 0.396 e. The van der Waals surface area contributed by atoms with Gasteiger partial charge in [-0.1, -0.05) is 30.1 Å². The van der Waals surface area contributed by atoms with Crippen LogP contribution in [0.5, 0.6) is 0 Å². The van der Waals surface area contributed by atoms with Gasteiger partial charge in [-0.05, 0) is 18.1 Å². The molecule has 0 spiro atoms. The van der Waals surface area contributed by atoms with Gasteiger partial charge in [-0.25, -0.2) is 13.1 Å². The summed E-state index contributed by atoms with van der Waals surface area (Å²) in [4.78, 5) is -0.0827. The van der Waals surface area contributed by atoms with Crippen LogP contribution in [0, 0.1) is 5.92 Å². The Bertz CT molecular complexity index is 549. The molecule has 5 nitrogen and oxygen atoms in total. The van der Waals surface area contributed by atoms with Crippen LogP contribution in [0.15, 0.2) is 17.0 Å². The van der Waals surface area contributed by atoms with Crippen LogP contribution in [0.3, 0.4) is 0 Å². The van der Waals surface area contributed by atoms with Gasteiger partial charge < -0.3 is 10.5 Å². The Morgan fingerprint density at radius 1 is 1.42 bits per heavy atom.